The van der Waals surface area contributed by atoms with Crippen molar-refractivity contribution >= 4 is 28.8 Å². The van der Waals surface area contributed by atoms with Gasteiger partial charge in [-0.1, -0.05) is 49.5 Å². The smallest absolute Gasteiger partial charge is 0.261 e. The first-order chi connectivity index (χ1) is 15.4. The molecule has 2 aromatic rings. The number of hydrogen-bond donors (Lipinski definition) is 0. The standard InChI is InChI=1S/C25H28N2O4S/c1-16-10-12-25(13-11-16)26-21(17-8-6-5-7-9-17)24(32)27(25)23(28)18-14-19(29-2)22(31-4)20(15-18)30-3/h5-9,14-16H,10-13H2,1-4H3. The minimum Gasteiger partial charge on any atom is -0.493 e. The van der Waals surface area contributed by atoms with Crippen LogP contribution >= 0.6 is 12.2 Å². The molecule has 0 aromatic heterocycles. The molecule has 7 heteroatoms. The average Bonchev–Trinajstić information content (AvgIpc) is 3.11. The Hall–Kier alpha value is -2.93. The summed E-state index contributed by atoms with van der Waals surface area (Å²) in [7, 11) is 4.61. The zero-order chi connectivity index (χ0) is 22.9. The molecule has 4 rings (SSSR count). The van der Waals surface area contributed by atoms with Gasteiger partial charge in [0.1, 0.15) is 16.4 Å². The van der Waals surface area contributed by atoms with Gasteiger partial charge in [0.15, 0.2) is 11.5 Å². The molecule has 1 spiro atoms. The number of amides is 1. The van der Waals surface area contributed by atoms with Gasteiger partial charge in [-0.25, -0.2) is 0 Å². The first-order valence-electron chi connectivity index (χ1n) is 10.8. The highest BCUT2D eigenvalue weighted by molar-refractivity contribution is 7.82. The Kier molecular flexibility index (Phi) is 6.20. The quantitative estimate of drug-likeness (QED) is 0.605. The van der Waals surface area contributed by atoms with E-state index in [4.69, 9.17) is 31.4 Å². The van der Waals surface area contributed by atoms with Gasteiger partial charge in [0.2, 0.25) is 5.75 Å². The number of rotatable bonds is 5. The Morgan fingerprint density at radius 3 is 2.16 bits per heavy atom. The molecule has 2 aromatic carbocycles. The van der Waals surface area contributed by atoms with Crippen LogP contribution in [0.4, 0.5) is 0 Å². The highest BCUT2D eigenvalue weighted by Gasteiger charge is 2.50. The molecule has 1 heterocycles. The number of aliphatic imine (C=N–C) groups is 1. The van der Waals surface area contributed by atoms with Gasteiger partial charge in [-0.05, 0) is 43.7 Å². The molecule has 0 saturated heterocycles. The summed E-state index contributed by atoms with van der Waals surface area (Å²) < 4.78 is 16.3. The van der Waals surface area contributed by atoms with Crippen LogP contribution in [0.3, 0.4) is 0 Å². The molecule has 1 saturated carbocycles. The zero-order valence-electron chi connectivity index (χ0n) is 18.9. The van der Waals surface area contributed by atoms with E-state index in [0.717, 1.165) is 31.2 Å². The van der Waals surface area contributed by atoms with E-state index in [0.29, 0.717) is 39.4 Å². The van der Waals surface area contributed by atoms with E-state index in [1.807, 2.05) is 30.3 Å². The van der Waals surface area contributed by atoms with Crippen molar-refractivity contribution in [1.29, 1.82) is 0 Å². The summed E-state index contributed by atoms with van der Waals surface area (Å²) in [5.74, 6) is 1.69. The van der Waals surface area contributed by atoms with E-state index in [9.17, 15) is 4.79 Å². The third kappa shape index (κ3) is 3.75. The van der Waals surface area contributed by atoms with Crippen LogP contribution in [0.2, 0.25) is 0 Å². The van der Waals surface area contributed by atoms with E-state index in [2.05, 4.69) is 6.92 Å². The lowest BCUT2D eigenvalue weighted by atomic mass is 9.82. The van der Waals surface area contributed by atoms with Gasteiger partial charge in [0.25, 0.3) is 5.91 Å². The van der Waals surface area contributed by atoms with Crippen molar-refractivity contribution in [3.8, 4) is 17.2 Å². The van der Waals surface area contributed by atoms with Crippen LogP contribution in [0.15, 0.2) is 47.5 Å². The van der Waals surface area contributed by atoms with Gasteiger partial charge < -0.3 is 14.2 Å². The first-order valence-corrected chi connectivity index (χ1v) is 11.2. The molecule has 0 bridgehead atoms. The van der Waals surface area contributed by atoms with Crippen LogP contribution in [0.5, 0.6) is 17.2 Å². The lowest BCUT2D eigenvalue weighted by Gasteiger charge is -2.40. The van der Waals surface area contributed by atoms with Crippen LogP contribution < -0.4 is 14.2 Å². The Bertz CT molecular complexity index is 1030. The maximum atomic E-state index is 13.9. The SMILES string of the molecule is COc1cc(C(=O)N2C(=S)C(c3ccccc3)=NC23CCC(C)CC3)cc(OC)c1OC. The predicted molar refractivity (Wildman–Crippen MR) is 128 cm³/mol. The number of methoxy groups -OCH3 is 3. The van der Waals surface area contributed by atoms with Crippen LogP contribution in [-0.4, -0.2) is 48.5 Å². The van der Waals surface area contributed by atoms with Crippen molar-refractivity contribution in [1.82, 2.24) is 4.90 Å². The number of thiocarbonyl (C=S) groups is 1. The number of benzene rings is 2. The van der Waals surface area contributed by atoms with Gasteiger partial charge >= 0.3 is 0 Å². The van der Waals surface area contributed by atoms with Gasteiger partial charge in [-0.3, -0.25) is 14.7 Å². The summed E-state index contributed by atoms with van der Waals surface area (Å²) in [6.07, 6.45) is 3.54. The Morgan fingerprint density at radius 1 is 1.03 bits per heavy atom. The van der Waals surface area contributed by atoms with Crippen molar-refractivity contribution in [3.63, 3.8) is 0 Å². The zero-order valence-corrected chi connectivity index (χ0v) is 19.7. The van der Waals surface area contributed by atoms with Crippen molar-refractivity contribution in [3.05, 3.63) is 53.6 Å². The summed E-state index contributed by atoms with van der Waals surface area (Å²) in [4.78, 5) is 21.2. The van der Waals surface area contributed by atoms with E-state index in [1.54, 1.807) is 17.0 Å². The molecule has 2 aliphatic rings. The van der Waals surface area contributed by atoms with E-state index >= 15 is 0 Å². The lowest BCUT2D eigenvalue weighted by molar-refractivity contribution is 0.0612. The molecule has 1 aliphatic heterocycles. The molecule has 0 atom stereocenters. The van der Waals surface area contributed by atoms with E-state index in [1.165, 1.54) is 21.3 Å². The number of carbonyl (C=O) groups excluding carboxylic acids is 1. The van der Waals surface area contributed by atoms with Crippen LogP contribution in [0, 0.1) is 5.92 Å². The van der Waals surface area contributed by atoms with Crippen molar-refractivity contribution in [2.75, 3.05) is 21.3 Å². The normalized spacial score (nSPS) is 22.6. The van der Waals surface area contributed by atoms with Gasteiger partial charge in [-0.2, -0.15) is 0 Å². The molecule has 32 heavy (non-hydrogen) atoms. The molecule has 1 aliphatic carbocycles. The summed E-state index contributed by atoms with van der Waals surface area (Å²) in [6.45, 7) is 2.24. The van der Waals surface area contributed by atoms with E-state index in [-0.39, 0.29) is 5.91 Å². The molecule has 168 valence electrons. The molecular formula is C25H28N2O4S. The van der Waals surface area contributed by atoms with Crippen LogP contribution in [-0.2, 0) is 0 Å². The molecule has 1 fully saturated rings. The third-order valence-corrected chi connectivity index (χ3v) is 6.75. The minimum absolute atomic E-state index is 0.210. The summed E-state index contributed by atoms with van der Waals surface area (Å²) >= 11 is 5.86. The highest BCUT2D eigenvalue weighted by atomic mass is 32.1. The topological polar surface area (TPSA) is 60.4 Å². The average molecular weight is 453 g/mol. The number of nitrogens with zero attached hydrogens (tertiary/aromatic N) is 2. The number of ether oxygens (including phenoxy) is 3. The molecule has 0 N–H and O–H groups in total. The summed E-state index contributed by atoms with van der Waals surface area (Å²) in [6, 6.07) is 13.2. The van der Waals surface area contributed by atoms with Crippen LogP contribution in [0.25, 0.3) is 0 Å². The second-order valence-corrected chi connectivity index (χ2v) is 8.74. The predicted octanol–water partition coefficient (Wildman–Crippen LogP) is 4.89. The number of carbonyl (C=O) groups is 1. The Morgan fingerprint density at radius 2 is 1.62 bits per heavy atom. The lowest BCUT2D eigenvalue weighted by Crippen LogP contribution is -2.51. The molecule has 1 amide bonds. The van der Waals surface area contributed by atoms with Crippen molar-refractivity contribution in [2.45, 2.75) is 38.3 Å². The monoisotopic (exact) mass is 452 g/mol. The summed E-state index contributed by atoms with van der Waals surface area (Å²) in [5.41, 5.74) is 1.39. The van der Waals surface area contributed by atoms with Crippen molar-refractivity contribution in [2.24, 2.45) is 10.9 Å². The van der Waals surface area contributed by atoms with E-state index < -0.39 is 5.66 Å². The molecule has 0 unspecified atom stereocenters. The van der Waals surface area contributed by atoms with Gasteiger partial charge in [0, 0.05) is 11.1 Å². The fraction of sp³-hybridized carbons (Fsp3) is 0.400. The fourth-order valence-electron chi connectivity index (χ4n) is 4.56. The second kappa shape index (κ2) is 8.90. The largest absolute Gasteiger partial charge is 0.493 e. The minimum atomic E-state index is -0.660. The first kappa shape index (κ1) is 22.3. The number of hydrogen-bond acceptors (Lipinski definition) is 6. The third-order valence-electron chi connectivity index (χ3n) is 6.38. The molecular weight excluding hydrogens is 424 g/mol. The van der Waals surface area contributed by atoms with Crippen LogP contribution in [0.1, 0.15) is 48.5 Å². The second-order valence-electron chi connectivity index (χ2n) is 8.35. The van der Waals surface area contributed by atoms with Gasteiger partial charge in [0.05, 0.1) is 21.3 Å². The van der Waals surface area contributed by atoms with Crippen molar-refractivity contribution < 1.29 is 19.0 Å². The maximum absolute atomic E-state index is 13.9. The van der Waals surface area contributed by atoms with Gasteiger partial charge in [-0.15, -0.1) is 0 Å². The fourth-order valence-corrected chi connectivity index (χ4v) is 4.98. The maximum Gasteiger partial charge on any atom is 0.261 e. The Balaban J connectivity index is 1.79. The summed E-state index contributed by atoms with van der Waals surface area (Å²) in [5, 5.41) is 0. The molecule has 0 radical (unpaired) electrons. The Labute approximate surface area is 194 Å². The molecule has 6 nitrogen and oxygen atoms in total. The highest BCUT2D eigenvalue weighted by Crippen LogP contribution is 2.44.